The summed E-state index contributed by atoms with van der Waals surface area (Å²) in [5, 5.41) is 13.2. The van der Waals surface area contributed by atoms with Crippen molar-refractivity contribution in [3.63, 3.8) is 0 Å². The second kappa shape index (κ2) is 5.38. The van der Waals surface area contributed by atoms with Crippen LogP contribution in [0, 0.1) is 0 Å². The van der Waals surface area contributed by atoms with Gasteiger partial charge in [0.25, 0.3) is 0 Å². The second-order valence-corrected chi connectivity index (χ2v) is 6.04. The lowest BCUT2D eigenvalue weighted by Gasteiger charge is -2.42. The van der Waals surface area contributed by atoms with E-state index < -0.39 is 5.60 Å². The number of carbonyl (C=O) groups excluding carboxylic acids is 1. The number of thiophene rings is 1. The number of hydrogen-bond donors (Lipinski definition) is 1. The fraction of sp³-hybridized carbons (Fsp3) is 0.615. The van der Waals surface area contributed by atoms with Gasteiger partial charge >= 0.3 is 0 Å². The number of rotatable bonds is 3. The summed E-state index contributed by atoms with van der Waals surface area (Å²) in [6.07, 6.45) is 0.151. The first-order valence-corrected chi connectivity index (χ1v) is 7.02. The Morgan fingerprint density at radius 1 is 1.67 bits per heavy atom. The molecule has 0 bridgehead atoms. The van der Waals surface area contributed by atoms with E-state index in [1.807, 2.05) is 30.7 Å². The standard InChI is InChI=1S/C13H19NO3S/c1-13(2)9-14(6-11(7-15)17-13)12(16)5-10-3-4-18-8-10/h3-4,8,11,15H,5-7,9H2,1-2H3. The van der Waals surface area contributed by atoms with Crippen LogP contribution in [0.3, 0.4) is 0 Å². The molecule has 2 rings (SSSR count). The molecule has 1 amide bonds. The molecular weight excluding hydrogens is 250 g/mol. The summed E-state index contributed by atoms with van der Waals surface area (Å²) in [6.45, 7) is 4.89. The van der Waals surface area contributed by atoms with Gasteiger partial charge in [-0.25, -0.2) is 0 Å². The predicted octanol–water partition coefficient (Wildman–Crippen LogP) is 1.29. The first-order valence-electron chi connectivity index (χ1n) is 6.08. The van der Waals surface area contributed by atoms with Crippen molar-refractivity contribution in [1.29, 1.82) is 0 Å². The van der Waals surface area contributed by atoms with Gasteiger partial charge in [0.05, 0.1) is 24.7 Å². The van der Waals surface area contributed by atoms with Gasteiger partial charge in [-0.2, -0.15) is 11.3 Å². The van der Waals surface area contributed by atoms with Crippen LogP contribution in [0.15, 0.2) is 16.8 Å². The maximum Gasteiger partial charge on any atom is 0.227 e. The van der Waals surface area contributed by atoms with Gasteiger partial charge in [0, 0.05) is 13.1 Å². The number of ether oxygens (including phenoxy) is 1. The third-order valence-corrected chi connectivity index (χ3v) is 3.71. The van der Waals surface area contributed by atoms with Crippen LogP contribution < -0.4 is 0 Å². The number of morpholine rings is 1. The third-order valence-electron chi connectivity index (χ3n) is 2.97. The third kappa shape index (κ3) is 3.31. The van der Waals surface area contributed by atoms with E-state index in [4.69, 9.17) is 4.74 Å². The lowest BCUT2D eigenvalue weighted by Crippen LogP contribution is -2.55. The Balaban J connectivity index is 2.00. The molecule has 0 spiro atoms. The van der Waals surface area contributed by atoms with E-state index in [1.54, 1.807) is 16.2 Å². The van der Waals surface area contributed by atoms with Gasteiger partial charge in [-0.3, -0.25) is 4.79 Å². The first kappa shape index (κ1) is 13.5. The molecule has 0 aliphatic carbocycles. The zero-order chi connectivity index (χ0) is 13.2. The summed E-state index contributed by atoms with van der Waals surface area (Å²) in [4.78, 5) is 14.0. The van der Waals surface area contributed by atoms with Crippen LogP contribution in [0.25, 0.3) is 0 Å². The number of amides is 1. The van der Waals surface area contributed by atoms with Crippen molar-refractivity contribution in [2.24, 2.45) is 0 Å². The number of aliphatic hydroxyl groups is 1. The van der Waals surface area contributed by atoms with Crippen LogP contribution in [0.4, 0.5) is 0 Å². The number of carbonyl (C=O) groups is 1. The number of nitrogens with zero attached hydrogens (tertiary/aromatic N) is 1. The van der Waals surface area contributed by atoms with Crippen molar-refractivity contribution in [2.75, 3.05) is 19.7 Å². The van der Waals surface area contributed by atoms with E-state index in [2.05, 4.69) is 0 Å². The topological polar surface area (TPSA) is 49.8 Å². The molecule has 1 aromatic heterocycles. The molecule has 1 unspecified atom stereocenters. The molecule has 4 nitrogen and oxygen atoms in total. The quantitative estimate of drug-likeness (QED) is 0.899. The molecule has 0 saturated carbocycles. The van der Waals surface area contributed by atoms with Crippen LogP contribution in [0.5, 0.6) is 0 Å². The van der Waals surface area contributed by atoms with E-state index >= 15 is 0 Å². The van der Waals surface area contributed by atoms with E-state index in [1.165, 1.54) is 0 Å². The van der Waals surface area contributed by atoms with Crippen LogP contribution in [-0.4, -0.2) is 47.3 Å². The average molecular weight is 269 g/mol. The monoisotopic (exact) mass is 269 g/mol. The van der Waals surface area contributed by atoms with Gasteiger partial charge in [-0.05, 0) is 36.2 Å². The Hall–Kier alpha value is -0.910. The molecule has 5 heteroatoms. The predicted molar refractivity (Wildman–Crippen MR) is 70.6 cm³/mol. The molecular formula is C13H19NO3S. The largest absolute Gasteiger partial charge is 0.394 e. The summed E-state index contributed by atoms with van der Waals surface area (Å²) in [6, 6.07) is 1.97. The maximum atomic E-state index is 12.2. The molecule has 1 aliphatic rings. The maximum absolute atomic E-state index is 12.2. The summed E-state index contributed by atoms with van der Waals surface area (Å²) in [7, 11) is 0. The fourth-order valence-electron chi connectivity index (χ4n) is 2.26. The molecule has 1 aliphatic heterocycles. The smallest absolute Gasteiger partial charge is 0.227 e. The minimum Gasteiger partial charge on any atom is -0.394 e. The highest BCUT2D eigenvalue weighted by Crippen LogP contribution is 2.21. The van der Waals surface area contributed by atoms with Gasteiger partial charge in [-0.15, -0.1) is 0 Å². The summed E-state index contributed by atoms with van der Waals surface area (Å²) in [5.74, 6) is 0.100. The first-order chi connectivity index (χ1) is 8.50. The highest BCUT2D eigenvalue weighted by molar-refractivity contribution is 7.07. The fourth-order valence-corrected chi connectivity index (χ4v) is 2.93. The Morgan fingerprint density at radius 2 is 2.44 bits per heavy atom. The lowest BCUT2D eigenvalue weighted by molar-refractivity contribution is -0.166. The number of hydrogen-bond acceptors (Lipinski definition) is 4. The molecule has 1 fully saturated rings. The molecule has 100 valence electrons. The Labute approximate surface area is 111 Å². The Morgan fingerprint density at radius 3 is 3.06 bits per heavy atom. The van der Waals surface area contributed by atoms with Gasteiger partial charge in [0.1, 0.15) is 0 Å². The molecule has 1 N–H and O–H groups in total. The molecule has 0 aromatic carbocycles. The van der Waals surface area contributed by atoms with E-state index in [9.17, 15) is 9.90 Å². The molecule has 1 atom stereocenters. The van der Waals surface area contributed by atoms with Gasteiger partial charge in [0.15, 0.2) is 0 Å². The summed E-state index contributed by atoms with van der Waals surface area (Å²) >= 11 is 1.60. The van der Waals surface area contributed by atoms with E-state index in [0.29, 0.717) is 19.5 Å². The van der Waals surface area contributed by atoms with Crippen molar-refractivity contribution < 1.29 is 14.6 Å². The van der Waals surface area contributed by atoms with Gasteiger partial charge < -0.3 is 14.7 Å². The number of aliphatic hydroxyl groups excluding tert-OH is 1. The van der Waals surface area contributed by atoms with Gasteiger partial charge in [0.2, 0.25) is 5.91 Å². The molecule has 1 aromatic rings. The van der Waals surface area contributed by atoms with Crippen LogP contribution in [0.2, 0.25) is 0 Å². The molecule has 0 radical (unpaired) electrons. The highest BCUT2D eigenvalue weighted by Gasteiger charge is 2.35. The molecule has 18 heavy (non-hydrogen) atoms. The van der Waals surface area contributed by atoms with Crippen molar-refractivity contribution in [3.8, 4) is 0 Å². The normalized spacial score (nSPS) is 23.1. The van der Waals surface area contributed by atoms with Gasteiger partial charge in [-0.1, -0.05) is 0 Å². The van der Waals surface area contributed by atoms with Crippen LogP contribution >= 0.6 is 11.3 Å². The van der Waals surface area contributed by atoms with Crippen molar-refractivity contribution in [1.82, 2.24) is 4.90 Å². The Kier molecular flexibility index (Phi) is 4.04. The van der Waals surface area contributed by atoms with Crippen molar-refractivity contribution >= 4 is 17.2 Å². The zero-order valence-corrected chi connectivity index (χ0v) is 11.6. The average Bonchev–Trinajstić information content (AvgIpc) is 2.79. The lowest BCUT2D eigenvalue weighted by atomic mass is 10.0. The van der Waals surface area contributed by atoms with E-state index in [0.717, 1.165) is 5.56 Å². The van der Waals surface area contributed by atoms with Crippen molar-refractivity contribution in [3.05, 3.63) is 22.4 Å². The highest BCUT2D eigenvalue weighted by atomic mass is 32.1. The SMILES string of the molecule is CC1(C)CN(C(=O)Cc2ccsc2)CC(CO)O1. The van der Waals surface area contributed by atoms with E-state index in [-0.39, 0.29) is 18.6 Å². The van der Waals surface area contributed by atoms with Crippen LogP contribution in [-0.2, 0) is 16.0 Å². The summed E-state index contributed by atoms with van der Waals surface area (Å²) in [5.41, 5.74) is 0.658. The molecule has 1 saturated heterocycles. The van der Waals surface area contributed by atoms with Crippen molar-refractivity contribution in [2.45, 2.75) is 32.0 Å². The minimum atomic E-state index is -0.393. The summed E-state index contributed by atoms with van der Waals surface area (Å²) < 4.78 is 5.70. The molecule has 2 heterocycles. The Bertz CT molecular complexity index is 402. The second-order valence-electron chi connectivity index (χ2n) is 5.26. The zero-order valence-electron chi connectivity index (χ0n) is 10.8. The van der Waals surface area contributed by atoms with Crippen LogP contribution in [0.1, 0.15) is 19.4 Å². The minimum absolute atomic E-state index is 0.0499.